The molecule has 0 saturated heterocycles. The lowest BCUT2D eigenvalue weighted by Gasteiger charge is -2.08. The molecule has 0 atom stereocenters. The molecular weight excluding hydrogens is 384 g/mol. The summed E-state index contributed by atoms with van der Waals surface area (Å²) in [5, 5.41) is 10.7. The molecule has 0 radical (unpaired) electrons. The zero-order chi connectivity index (χ0) is 18.0. The minimum Gasteiger partial charge on any atom is -0.323 e. The number of carbonyl (C=O) groups is 2. The monoisotopic (exact) mass is 398 g/mol. The predicted octanol–water partition coefficient (Wildman–Crippen LogP) is 3.71. The second kappa shape index (κ2) is 6.90. The lowest BCUT2D eigenvalue weighted by molar-refractivity contribution is -0.111. The summed E-state index contributed by atoms with van der Waals surface area (Å²) in [5.41, 5.74) is 2.66. The number of hydrogen-bond donors (Lipinski definition) is 2. The van der Waals surface area contributed by atoms with Crippen LogP contribution in [-0.4, -0.2) is 21.6 Å². The number of hydrogen-bond acceptors (Lipinski definition) is 3. The highest BCUT2D eigenvalue weighted by atomic mass is 79.9. The predicted molar refractivity (Wildman–Crippen MR) is 102 cm³/mol. The van der Waals surface area contributed by atoms with Crippen molar-refractivity contribution in [1.82, 2.24) is 9.78 Å². The van der Waals surface area contributed by atoms with Gasteiger partial charge in [0.25, 0.3) is 5.91 Å². The van der Waals surface area contributed by atoms with Crippen LogP contribution in [0, 0.1) is 0 Å². The van der Waals surface area contributed by atoms with Gasteiger partial charge in [-0.25, -0.2) is 0 Å². The summed E-state index contributed by atoms with van der Waals surface area (Å²) < 4.78 is 2.41. The van der Waals surface area contributed by atoms with Gasteiger partial charge in [-0.05, 0) is 58.4 Å². The zero-order valence-electron chi connectivity index (χ0n) is 13.4. The number of nitrogens with one attached hydrogen (secondary N) is 2. The van der Waals surface area contributed by atoms with Gasteiger partial charge in [-0.2, -0.15) is 5.10 Å². The summed E-state index contributed by atoms with van der Waals surface area (Å²) in [6.45, 7) is 3.40. The van der Waals surface area contributed by atoms with E-state index < -0.39 is 0 Å². The van der Waals surface area contributed by atoms with Crippen LogP contribution in [-0.2, 0) is 11.8 Å². The molecule has 0 aliphatic carbocycles. The van der Waals surface area contributed by atoms with Crippen molar-refractivity contribution in [2.75, 3.05) is 10.6 Å². The van der Waals surface area contributed by atoms with Gasteiger partial charge in [0.1, 0.15) is 4.60 Å². The van der Waals surface area contributed by atoms with Gasteiger partial charge in [-0.3, -0.25) is 14.3 Å². The van der Waals surface area contributed by atoms with Crippen molar-refractivity contribution in [3.05, 3.63) is 65.3 Å². The van der Waals surface area contributed by atoms with Gasteiger partial charge in [0, 0.05) is 18.3 Å². The van der Waals surface area contributed by atoms with Crippen molar-refractivity contribution in [2.24, 2.45) is 7.05 Å². The van der Waals surface area contributed by atoms with E-state index in [1.807, 2.05) is 25.2 Å². The highest BCUT2D eigenvalue weighted by molar-refractivity contribution is 9.10. The Morgan fingerprint density at radius 3 is 2.56 bits per heavy atom. The quantitative estimate of drug-likeness (QED) is 0.657. The lowest BCUT2D eigenvalue weighted by atomic mass is 10.1. The molecular formula is C18H15BrN4O2. The summed E-state index contributed by atoms with van der Waals surface area (Å²) in [6.07, 6.45) is 1.19. The number of halogens is 1. The smallest absolute Gasteiger partial charge is 0.255 e. The van der Waals surface area contributed by atoms with Gasteiger partial charge in [-0.1, -0.05) is 12.6 Å². The van der Waals surface area contributed by atoms with Crippen molar-refractivity contribution >= 4 is 50.0 Å². The Balaban J connectivity index is 1.83. The van der Waals surface area contributed by atoms with Gasteiger partial charge in [0.15, 0.2) is 0 Å². The summed E-state index contributed by atoms with van der Waals surface area (Å²) in [4.78, 5) is 23.8. The number of fused-ring (bicyclic) bond motifs is 1. The number of anilines is 2. The fraction of sp³-hybridized carbons (Fsp3) is 0.0556. The van der Waals surface area contributed by atoms with E-state index in [4.69, 9.17) is 0 Å². The highest BCUT2D eigenvalue weighted by Crippen LogP contribution is 2.30. The number of amides is 2. The minimum atomic E-state index is -0.301. The Kier molecular flexibility index (Phi) is 4.67. The van der Waals surface area contributed by atoms with Crippen molar-refractivity contribution in [1.29, 1.82) is 0 Å². The van der Waals surface area contributed by atoms with Crippen LogP contribution < -0.4 is 10.6 Å². The SMILES string of the molecule is C=CC(=O)Nc1ccc(C(=O)Nc2cccc3c2c(Br)nn3C)cc1. The van der Waals surface area contributed by atoms with E-state index in [9.17, 15) is 9.59 Å². The Morgan fingerprint density at radius 2 is 1.88 bits per heavy atom. The number of nitrogens with zero attached hydrogens (tertiary/aromatic N) is 2. The number of benzene rings is 2. The van der Waals surface area contributed by atoms with Crippen molar-refractivity contribution in [3.8, 4) is 0 Å². The molecule has 1 aromatic heterocycles. The molecule has 2 amide bonds. The van der Waals surface area contributed by atoms with Crippen LogP contribution in [0.1, 0.15) is 10.4 Å². The van der Waals surface area contributed by atoms with Crippen molar-refractivity contribution in [2.45, 2.75) is 0 Å². The molecule has 2 aromatic carbocycles. The molecule has 0 unspecified atom stereocenters. The first-order chi connectivity index (χ1) is 12.0. The molecule has 0 saturated carbocycles. The van der Waals surface area contributed by atoms with E-state index in [0.29, 0.717) is 21.5 Å². The van der Waals surface area contributed by atoms with Crippen LogP contribution >= 0.6 is 15.9 Å². The summed E-state index contributed by atoms with van der Waals surface area (Å²) in [6, 6.07) is 12.2. The second-order valence-corrected chi connectivity index (χ2v) is 6.09. The third kappa shape index (κ3) is 3.46. The average Bonchev–Trinajstić information content (AvgIpc) is 2.90. The summed E-state index contributed by atoms with van der Waals surface area (Å²) in [7, 11) is 1.84. The van der Waals surface area contributed by atoms with Crippen molar-refractivity contribution in [3.63, 3.8) is 0 Å². The Bertz CT molecular complexity index is 977. The van der Waals surface area contributed by atoms with Gasteiger partial charge in [0.05, 0.1) is 16.6 Å². The van der Waals surface area contributed by atoms with Crippen LogP contribution in [0.2, 0.25) is 0 Å². The van der Waals surface area contributed by atoms with Gasteiger partial charge in [0.2, 0.25) is 5.91 Å². The number of carbonyl (C=O) groups excluding carboxylic acids is 2. The van der Waals surface area contributed by atoms with Crippen LogP contribution in [0.25, 0.3) is 10.9 Å². The molecule has 0 spiro atoms. The third-order valence-electron chi connectivity index (χ3n) is 3.68. The maximum absolute atomic E-state index is 12.5. The lowest BCUT2D eigenvalue weighted by Crippen LogP contribution is -2.12. The number of aromatic nitrogens is 2. The largest absolute Gasteiger partial charge is 0.323 e. The van der Waals surface area contributed by atoms with E-state index in [1.165, 1.54) is 6.08 Å². The first kappa shape index (κ1) is 16.9. The molecule has 2 N–H and O–H groups in total. The molecule has 126 valence electrons. The summed E-state index contributed by atoms with van der Waals surface area (Å²) in [5.74, 6) is -0.546. The normalized spacial score (nSPS) is 10.5. The van der Waals surface area contributed by atoms with E-state index in [1.54, 1.807) is 28.9 Å². The van der Waals surface area contributed by atoms with Crippen molar-refractivity contribution < 1.29 is 9.59 Å². The van der Waals surface area contributed by atoms with Gasteiger partial charge in [-0.15, -0.1) is 0 Å². The number of aryl methyl sites for hydroxylation is 1. The molecule has 3 rings (SSSR count). The Morgan fingerprint density at radius 1 is 1.16 bits per heavy atom. The summed E-state index contributed by atoms with van der Waals surface area (Å²) >= 11 is 3.42. The molecule has 1 heterocycles. The molecule has 0 fully saturated rings. The fourth-order valence-corrected chi connectivity index (χ4v) is 3.11. The molecule has 7 heteroatoms. The second-order valence-electron chi connectivity index (χ2n) is 5.34. The van der Waals surface area contributed by atoms with E-state index in [0.717, 1.165) is 10.9 Å². The van der Waals surface area contributed by atoms with E-state index in [2.05, 4.69) is 38.2 Å². The van der Waals surface area contributed by atoms with Crippen LogP contribution in [0.15, 0.2) is 59.7 Å². The molecule has 0 bridgehead atoms. The number of rotatable bonds is 4. The fourth-order valence-electron chi connectivity index (χ4n) is 2.46. The van der Waals surface area contributed by atoms with Crippen LogP contribution in [0.4, 0.5) is 11.4 Å². The first-order valence-corrected chi connectivity index (χ1v) is 8.25. The Hall–Kier alpha value is -2.93. The minimum absolute atomic E-state index is 0.246. The zero-order valence-corrected chi connectivity index (χ0v) is 15.0. The van der Waals surface area contributed by atoms with Crippen LogP contribution in [0.3, 0.4) is 0 Å². The first-order valence-electron chi connectivity index (χ1n) is 7.45. The average molecular weight is 399 g/mol. The Labute approximate surface area is 152 Å². The molecule has 25 heavy (non-hydrogen) atoms. The maximum atomic E-state index is 12.5. The molecule has 6 nitrogen and oxygen atoms in total. The molecule has 3 aromatic rings. The third-order valence-corrected chi connectivity index (χ3v) is 4.24. The molecule has 0 aliphatic heterocycles. The van der Waals surface area contributed by atoms with Crippen LogP contribution in [0.5, 0.6) is 0 Å². The van der Waals surface area contributed by atoms with E-state index in [-0.39, 0.29) is 11.8 Å². The highest BCUT2D eigenvalue weighted by Gasteiger charge is 2.13. The standard InChI is InChI=1S/C18H15BrN4O2/c1-3-15(24)20-12-9-7-11(8-10-12)18(25)21-13-5-4-6-14-16(13)17(19)22-23(14)2/h3-10H,1H2,2H3,(H,20,24)(H,21,25). The van der Waals surface area contributed by atoms with E-state index >= 15 is 0 Å². The molecule has 0 aliphatic rings. The van der Waals surface area contributed by atoms with Gasteiger partial charge < -0.3 is 10.6 Å². The topological polar surface area (TPSA) is 76.0 Å². The maximum Gasteiger partial charge on any atom is 0.255 e. The van der Waals surface area contributed by atoms with Gasteiger partial charge >= 0.3 is 0 Å².